The largest absolute Gasteiger partial charge is 0.399 e. The Morgan fingerprint density at radius 1 is 0.917 bits per heavy atom. The summed E-state index contributed by atoms with van der Waals surface area (Å²) < 4.78 is 0. The fourth-order valence-electron chi connectivity index (χ4n) is 3.89. The molecule has 0 radical (unpaired) electrons. The van der Waals surface area contributed by atoms with Gasteiger partial charge < -0.3 is 5.73 Å². The molecule has 1 nitrogen and oxygen atoms in total. The zero-order chi connectivity index (χ0) is 17.7. The van der Waals surface area contributed by atoms with Crippen LogP contribution in [0.25, 0.3) is 5.57 Å². The summed E-state index contributed by atoms with van der Waals surface area (Å²) in [7, 11) is 0. The second-order valence-corrected chi connectivity index (χ2v) is 8.58. The number of nitrogens with two attached hydrogens (primary N) is 1. The summed E-state index contributed by atoms with van der Waals surface area (Å²) in [6.45, 7) is 16.1. The molecule has 2 aromatic rings. The topological polar surface area (TPSA) is 26.0 Å². The summed E-state index contributed by atoms with van der Waals surface area (Å²) in [5.74, 6) is 0. The van der Waals surface area contributed by atoms with Crippen LogP contribution in [0.2, 0.25) is 0 Å². The number of aryl methyl sites for hydroxylation is 1. The van der Waals surface area contributed by atoms with Crippen LogP contribution in [0.5, 0.6) is 0 Å². The molecule has 2 N–H and O–H groups in total. The summed E-state index contributed by atoms with van der Waals surface area (Å²) in [5.41, 5.74) is 14.8. The first-order valence-corrected chi connectivity index (χ1v) is 8.83. The first kappa shape index (κ1) is 16.8. The molecule has 1 heteroatoms. The SMILES string of the molecule is C=C(c1ccc(N)cc1)c1cc2c(cc1C)C(C)(C)CCC2(C)C. The lowest BCUT2D eigenvalue weighted by atomic mass is 9.62. The summed E-state index contributed by atoms with van der Waals surface area (Å²) in [4.78, 5) is 0. The van der Waals surface area contributed by atoms with Gasteiger partial charge in [0.05, 0.1) is 0 Å². The van der Waals surface area contributed by atoms with Crippen molar-refractivity contribution in [1.82, 2.24) is 0 Å². The van der Waals surface area contributed by atoms with Crippen molar-refractivity contribution in [2.45, 2.75) is 58.3 Å². The van der Waals surface area contributed by atoms with Crippen molar-refractivity contribution in [2.24, 2.45) is 0 Å². The first-order valence-electron chi connectivity index (χ1n) is 8.83. The lowest BCUT2D eigenvalue weighted by Gasteiger charge is -2.42. The smallest absolute Gasteiger partial charge is 0.0314 e. The normalized spacial score (nSPS) is 18.0. The van der Waals surface area contributed by atoms with Crippen molar-refractivity contribution < 1.29 is 0 Å². The van der Waals surface area contributed by atoms with Crippen LogP contribution in [-0.2, 0) is 10.8 Å². The van der Waals surface area contributed by atoms with Gasteiger partial charge in [-0.2, -0.15) is 0 Å². The molecule has 24 heavy (non-hydrogen) atoms. The molecule has 2 aromatic carbocycles. The van der Waals surface area contributed by atoms with E-state index in [4.69, 9.17) is 5.73 Å². The zero-order valence-corrected chi connectivity index (χ0v) is 15.7. The van der Waals surface area contributed by atoms with Gasteiger partial charge in [-0.15, -0.1) is 0 Å². The molecule has 0 unspecified atom stereocenters. The third-order valence-corrected chi connectivity index (χ3v) is 5.78. The highest BCUT2D eigenvalue weighted by atomic mass is 14.5. The molecule has 0 aliphatic heterocycles. The predicted molar refractivity (Wildman–Crippen MR) is 105 cm³/mol. The van der Waals surface area contributed by atoms with E-state index in [0.29, 0.717) is 0 Å². The Hall–Kier alpha value is -2.02. The van der Waals surface area contributed by atoms with Crippen molar-refractivity contribution in [2.75, 3.05) is 5.73 Å². The van der Waals surface area contributed by atoms with Crippen LogP contribution < -0.4 is 5.73 Å². The van der Waals surface area contributed by atoms with E-state index in [-0.39, 0.29) is 10.8 Å². The molecule has 0 saturated heterocycles. The first-order chi connectivity index (χ1) is 11.1. The Balaban J connectivity index is 2.14. The molecule has 0 bridgehead atoms. The zero-order valence-electron chi connectivity index (χ0n) is 15.7. The van der Waals surface area contributed by atoms with Gasteiger partial charge in [-0.1, -0.05) is 58.5 Å². The molecule has 0 heterocycles. The molecular formula is C23H29N. The van der Waals surface area contributed by atoms with Gasteiger partial charge in [0.25, 0.3) is 0 Å². The minimum atomic E-state index is 0.217. The lowest BCUT2D eigenvalue weighted by molar-refractivity contribution is 0.331. The Morgan fingerprint density at radius 3 is 1.96 bits per heavy atom. The van der Waals surface area contributed by atoms with Gasteiger partial charge in [0.1, 0.15) is 0 Å². The van der Waals surface area contributed by atoms with Crippen LogP contribution in [0.3, 0.4) is 0 Å². The fraction of sp³-hybridized carbons (Fsp3) is 0.391. The van der Waals surface area contributed by atoms with E-state index in [1.807, 2.05) is 12.1 Å². The average Bonchev–Trinajstić information content (AvgIpc) is 2.52. The predicted octanol–water partition coefficient (Wildman–Crippen LogP) is 5.99. The molecule has 126 valence electrons. The van der Waals surface area contributed by atoms with Crippen molar-refractivity contribution >= 4 is 11.3 Å². The van der Waals surface area contributed by atoms with Crippen molar-refractivity contribution in [1.29, 1.82) is 0 Å². The van der Waals surface area contributed by atoms with E-state index >= 15 is 0 Å². The van der Waals surface area contributed by atoms with E-state index in [2.05, 4.69) is 65.5 Å². The quantitative estimate of drug-likeness (QED) is 0.676. The molecule has 0 spiro atoms. The minimum Gasteiger partial charge on any atom is -0.399 e. The standard InChI is InChI=1S/C23H29N/c1-15-13-20-21(23(5,6)12-11-22(20,3)4)14-19(15)16(2)17-7-9-18(24)10-8-17/h7-10,13-14H,2,11-12,24H2,1,3-6H3. The van der Waals surface area contributed by atoms with Gasteiger partial charge in [0.15, 0.2) is 0 Å². The maximum absolute atomic E-state index is 5.82. The number of anilines is 1. The number of hydrogen-bond donors (Lipinski definition) is 1. The third kappa shape index (κ3) is 2.77. The van der Waals surface area contributed by atoms with E-state index in [9.17, 15) is 0 Å². The van der Waals surface area contributed by atoms with Crippen LogP contribution in [0.4, 0.5) is 5.69 Å². The summed E-state index contributed by atoms with van der Waals surface area (Å²) in [6, 6.07) is 12.8. The Kier molecular flexibility index (Phi) is 3.86. The van der Waals surface area contributed by atoms with Gasteiger partial charge in [-0.3, -0.25) is 0 Å². The van der Waals surface area contributed by atoms with Crippen LogP contribution >= 0.6 is 0 Å². The number of hydrogen-bond acceptors (Lipinski definition) is 1. The van der Waals surface area contributed by atoms with Gasteiger partial charge in [0.2, 0.25) is 0 Å². The highest BCUT2D eigenvalue weighted by Crippen LogP contribution is 2.47. The van der Waals surface area contributed by atoms with Gasteiger partial charge >= 0.3 is 0 Å². The van der Waals surface area contributed by atoms with Crippen molar-refractivity contribution in [3.05, 3.63) is 70.8 Å². The number of nitrogen functional groups attached to an aromatic ring is 1. The minimum absolute atomic E-state index is 0.217. The lowest BCUT2D eigenvalue weighted by Crippen LogP contribution is -2.34. The third-order valence-electron chi connectivity index (χ3n) is 5.78. The maximum atomic E-state index is 5.82. The maximum Gasteiger partial charge on any atom is 0.0314 e. The molecule has 1 aliphatic carbocycles. The monoisotopic (exact) mass is 319 g/mol. The van der Waals surface area contributed by atoms with Crippen LogP contribution in [0.15, 0.2) is 43.0 Å². The molecular weight excluding hydrogens is 290 g/mol. The second-order valence-electron chi connectivity index (χ2n) is 8.58. The highest BCUT2D eigenvalue weighted by molar-refractivity contribution is 5.81. The molecule has 1 aliphatic rings. The average molecular weight is 319 g/mol. The molecule has 0 saturated carbocycles. The van der Waals surface area contributed by atoms with Gasteiger partial charge in [0, 0.05) is 5.69 Å². The second kappa shape index (κ2) is 5.51. The van der Waals surface area contributed by atoms with Crippen LogP contribution in [-0.4, -0.2) is 0 Å². The van der Waals surface area contributed by atoms with E-state index in [1.165, 1.54) is 35.1 Å². The van der Waals surface area contributed by atoms with Gasteiger partial charge in [-0.25, -0.2) is 0 Å². The molecule has 0 amide bonds. The molecule has 3 rings (SSSR count). The highest BCUT2D eigenvalue weighted by Gasteiger charge is 2.37. The Morgan fingerprint density at radius 2 is 1.42 bits per heavy atom. The summed E-state index contributed by atoms with van der Waals surface area (Å²) >= 11 is 0. The molecule has 0 atom stereocenters. The van der Waals surface area contributed by atoms with E-state index < -0.39 is 0 Å². The summed E-state index contributed by atoms with van der Waals surface area (Å²) in [6.07, 6.45) is 2.47. The fourth-order valence-corrected chi connectivity index (χ4v) is 3.89. The van der Waals surface area contributed by atoms with Gasteiger partial charge in [-0.05, 0) is 76.1 Å². The Bertz CT molecular complexity index is 792. The molecule has 0 aromatic heterocycles. The van der Waals surface area contributed by atoms with Crippen LogP contribution in [0.1, 0.15) is 68.4 Å². The molecule has 0 fully saturated rings. The number of fused-ring (bicyclic) bond motifs is 1. The van der Waals surface area contributed by atoms with Crippen molar-refractivity contribution in [3.8, 4) is 0 Å². The Labute approximate surface area is 146 Å². The van der Waals surface area contributed by atoms with Crippen LogP contribution in [0, 0.1) is 6.92 Å². The van der Waals surface area contributed by atoms with E-state index in [0.717, 1.165) is 16.8 Å². The van der Waals surface area contributed by atoms with E-state index in [1.54, 1.807) is 0 Å². The number of benzene rings is 2. The van der Waals surface area contributed by atoms with Crippen molar-refractivity contribution in [3.63, 3.8) is 0 Å². The number of rotatable bonds is 2. The summed E-state index contributed by atoms with van der Waals surface area (Å²) in [5, 5.41) is 0.